The summed E-state index contributed by atoms with van der Waals surface area (Å²) in [5, 5.41) is 4.33. The third-order valence-electron chi connectivity index (χ3n) is 6.14. The molecule has 9 heteroatoms. The monoisotopic (exact) mass is 456 g/mol. The molecule has 0 spiro atoms. The molecule has 1 fully saturated rings. The number of nitrogens with zero attached hydrogens (tertiary/aromatic N) is 5. The van der Waals surface area contributed by atoms with Gasteiger partial charge in [-0.25, -0.2) is 4.68 Å². The van der Waals surface area contributed by atoms with Gasteiger partial charge in [0.25, 0.3) is 17.6 Å². The van der Waals surface area contributed by atoms with E-state index in [4.69, 9.17) is 0 Å². The van der Waals surface area contributed by atoms with Crippen molar-refractivity contribution in [2.24, 2.45) is 0 Å². The average molecular weight is 457 g/mol. The number of Topliss-reactive ketones (excluding diaryl/α,β-unsaturated/α-hetero) is 1. The van der Waals surface area contributed by atoms with Crippen LogP contribution in [0.3, 0.4) is 0 Å². The van der Waals surface area contributed by atoms with Crippen molar-refractivity contribution in [3.05, 3.63) is 77.9 Å². The van der Waals surface area contributed by atoms with Crippen molar-refractivity contribution in [3.8, 4) is 5.69 Å². The Bertz CT molecular complexity index is 1390. The lowest BCUT2D eigenvalue weighted by Gasteiger charge is -2.39. The number of pyridine rings is 1. The van der Waals surface area contributed by atoms with E-state index in [1.54, 1.807) is 40.2 Å². The molecule has 1 saturated heterocycles. The van der Waals surface area contributed by atoms with E-state index in [0.29, 0.717) is 29.7 Å². The highest BCUT2D eigenvalue weighted by atomic mass is 16.2. The van der Waals surface area contributed by atoms with Gasteiger partial charge in [-0.3, -0.25) is 19.4 Å². The number of hydrogen-bond acceptors (Lipinski definition) is 5. The number of rotatable bonds is 4. The van der Waals surface area contributed by atoms with Gasteiger partial charge in [-0.15, -0.1) is 0 Å². The van der Waals surface area contributed by atoms with E-state index < -0.39 is 11.7 Å². The van der Waals surface area contributed by atoms with Crippen LogP contribution in [0.2, 0.25) is 0 Å². The van der Waals surface area contributed by atoms with Crippen LogP contribution in [0.25, 0.3) is 16.7 Å². The second kappa shape index (κ2) is 8.58. The van der Waals surface area contributed by atoms with Crippen LogP contribution in [-0.4, -0.2) is 72.8 Å². The fraction of sp³-hybridized carbons (Fsp3) is 0.240. The van der Waals surface area contributed by atoms with Gasteiger partial charge in [-0.1, -0.05) is 18.2 Å². The van der Waals surface area contributed by atoms with Gasteiger partial charge in [0.05, 0.1) is 23.0 Å². The Balaban J connectivity index is 1.34. The van der Waals surface area contributed by atoms with Crippen LogP contribution in [0.1, 0.15) is 33.2 Å². The summed E-state index contributed by atoms with van der Waals surface area (Å²) >= 11 is 0. The molecule has 1 atom stereocenters. The van der Waals surface area contributed by atoms with Gasteiger partial charge in [0.1, 0.15) is 5.52 Å². The maximum Gasteiger partial charge on any atom is 0.295 e. The standard InChI is InChI=1S/C25H24N6O3/c1-16-12-28-31(14-16)20-8-9-26-21-19(13-27-22(20)21)23(32)25(34)29-10-11-30(17(2)15-29)24(33)18-6-4-3-5-7-18/h3-9,12-14,17,27H,10-11,15H2,1-2H3/t17-/m1/s1. The van der Waals surface area contributed by atoms with Crippen LogP contribution in [0, 0.1) is 6.92 Å². The first-order valence-corrected chi connectivity index (χ1v) is 11.1. The summed E-state index contributed by atoms with van der Waals surface area (Å²) < 4.78 is 1.70. The zero-order valence-corrected chi connectivity index (χ0v) is 18.9. The Morgan fingerprint density at radius 3 is 2.59 bits per heavy atom. The van der Waals surface area contributed by atoms with Gasteiger partial charge in [-0.2, -0.15) is 5.10 Å². The largest absolute Gasteiger partial charge is 0.357 e. The number of aryl methyl sites for hydroxylation is 1. The lowest BCUT2D eigenvalue weighted by Crippen LogP contribution is -2.56. The van der Waals surface area contributed by atoms with Crippen LogP contribution in [0.4, 0.5) is 0 Å². The summed E-state index contributed by atoms with van der Waals surface area (Å²) in [6.07, 6.45) is 6.74. The molecule has 5 rings (SSSR count). The third kappa shape index (κ3) is 3.75. The summed E-state index contributed by atoms with van der Waals surface area (Å²) in [5.41, 5.74) is 3.64. The van der Waals surface area contributed by atoms with E-state index in [1.165, 1.54) is 11.1 Å². The van der Waals surface area contributed by atoms with Gasteiger partial charge in [0.2, 0.25) is 0 Å². The normalized spacial score (nSPS) is 16.1. The number of amides is 2. The molecule has 34 heavy (non-hydrogen) atoms. The Morgan fingerprint density at radius 1 is 1.09 bits per heavy atom. The second-order valence-electron chi connectivity index (χ2n) is 8.51. The van der Waals surface area contributed by atoms with Crippen molar-refractivity contribution in [2.45, 2.75) is 19.9 Å². The minimum Gasteiger partial charge on any atom is -0.357 e. The molecular formula is C25H24N6O3. The Morgan fingerprint density at radius 2 is 1.88 bits per heavy atom. The number of aromatic amines is 1. The van der Waals surface area contributed by atoms with E-state index in [0.717, 1.165) is 11.3 Å². The highest BCUT2D eigenvalue weighted by Crippen LogP contribution is 2.24. The van der Waals surface area contributed by atoms with E-state index in [-0.39, 0.29) is 24.1 Å². The third-order valence-corrected chi connectivity index (χ3v) is 6.14. The summed E-state index contributed by atoms with van der Waals surface area (Å²) in [7, 11) is 0. The molecule has 0 saturated carbocycles. The van der Waals surface area contributed by atoms with E-state index in [1.807, 2.05) is 38.2 Å². The Labute approximate surface area is 196 Å². The number of carbonyl (C=O) groups is 3. The van der Waals surface area contributed by atoms with Crippen molar-refractivity contribution < 1.29 is 14.4 Å². The van der Waals surface area contributed by atoms with Crippen LogP contribution in [0.15, 0.2) is 61.2 Å². The molecule has 9 nitrogen and oxygen atoms in total. The molecule has 0 unspecified atom stereocenters. The van der Waals surface area contributed by atoms with Crippen LogP contribution < -0.4 is 0 Å². The first-order chi connectivity index (χ1) is 16.4. The number of carbonyl (C=O) groups excluding carboxylic acids is 3. The van der Waals surface area contributed by atoms with Gasteiger partial charge < -0.3 is 14.8 Å². The fourth-order valence-electron chi connectivity index (χ4n) is 4.37. The van der Waals surface area contributed by atoms with Crippen molar-refractivity contribution in [1.29, 1.82) is 0 Å². The minimum absolute atomic E-state index is 0.0752. The van der Waals surface area contributed by atoms with Crippen LogP contribution in [-0.2, 0) is 4.79 Å². The minimum atomic E-state index is -0.623. The van der Waals surface area contributed by atoms with E-state index >= 15 is 0 Å². The Kier molecular flexibility index (Phi) is 5.45. The van der Waals surface area contributed by atoms with Crippen molar-refractivity contribution in [2.75, 3.05) is 19.6 Å². The zero-order valence-electron chi connectivity index (χ0n) is 18.9. The topological polar surface area (TPSA) is 104 Å². The highest BCUT2D eigenvalue weighted by molar-refractivity contribution is 6.44. The van der Waals surface area contributed by atoms with Crippen LogP contribution in [0.5, 0.6) is 0 Å². The molecule has 1 aromatic carbocycles. The highest BCUT2D eigenvalue weighted by Gasteiger charge is 2.34. The maximum atomic E-state index is 13.2. The number of piperazine rings is 1. The number of aromatic nitrogens is 4. The summed E-state index contributed by atoms with van der Waals surface area (Å²) in [6.45, 7) is 4.77. The molecule has 172 valence electrons. The quantitative estimate of drug-likeness (QED) is 0.376. The predicted octanol–water partition coefficient (Wildman–Crippen LogP) is 2.61. The molecule has 1 N–H and O–H groups in total. The lowest BCUT2D eigenvalue weighted by atomic mass is 10.1. The number of benzene rings is 1. The molecular weight excluding hydrogens is 432 g/mol. The summed E-state index contributed by atoms with van der Waals surface area (Å²) in [4.78, 5) is 49.8. The second-order valence-corrected chi connectivity index (χ2v) is 8.51. The molecule has 0 bridgehead atoms. The SMILES string of the molecule is Cc1cnn(-c2ccnc3c(C(=O)C(=O)N4CCN(C(=O)c5ccccc5)[C@H](C)C4)c[nH]c23)c1. The molecule has 3 aromatic heterocycles. The first-order valence-electron chi connectivity index (χ1n) is 11.1. The number of ketones is 1. The average Bonchev–Trinajstić information content (AvgIpc) is 3.49. The number of nitrogens with one attached hydrogen (secondary N) is 1. The fourth-order valence-corrected chi connectivity index (χ4v) is 4.37. The molecule has 2 amide bonds. The molecule has 0 radical (unpaired) electrons. The number of fused-ring (bicyclic) bond motifs is 1. The molecule has 1 aliphatic rings. The van der Waals surface area contributed by atoms with Gasteiger partial charge in [0, 0.05) is 49.8 Å². The van der Waals surface area contributed by atoms with Gasteiger partial charge in [-0.05, 0) is 37.6 Å². The zero-order chi connectivity index (χ0) is 23.8. The first kappa shape index (κ1) is 21.6. The molecule has 1 aliphatic heterocycles. The van der Waals surface area contributed by atoms with Crippen molar-refractivity contribution in [3.63, 3.8) is 0 Å². The van der Waals surface area contributed by atoms with E-state index in [2.05, 4.69) is 15.1 Å². The van der Waals surface area contributed by atoms with Crippen molar-refractivity contribution >= 4 is 28.6 Å². The van der Waals surface area contributed by atoms with Gasteiger partial charge >= 0.3 is 0 Å². The predicted molar refractivity (Wildman–Crippen MR) is 126 cm³/mol. The Hall–Kier alpha value is -4.27. The van der Waals surface area contributed by atoms with E-state index in [9.17, 15) is 14.4 Å². The summed E-state index contributed by atoms with van der Waals surface area (Å²) in [5.74, 6) is -1.29. The molecule has 4 aromatic rings. The van der Waals surface area contributed by atoms with Crippen molar-refractivity contribution in [1.82, 2.24) is 29.5 Å². The smallest absolute Gasteiger partial charge is 0.295 e. The lowest BCUT2D eigenvalue weighted by molar-refractivity contribution is -0.128. The summed E-state index contributed by atoms with van der Waals surface area (Å²) in [6, 6.07) is 10.6. The van der Waals surface area contributed by atoms with Gasteiger partial charge in [0.15, 0.2) is 0 Å². The molecule has 4 heterocycles. The number of H-pyrrole nitrogens is 1. The maximum absolute atomic E-state index is 13.2. The number of hydrogen-bond donors (Lipinski definition) is 1. The molecule has 0 aliphatic carbocycles. The van der Waals surface area contributed by atoms with Crippen LogP contribution >= 0.6 is 0 Å².